The van der Waals surface area contributed by atoms with Crippen molar-refractivity contribution in [2.24, 2.45) is 5.92 Å². The van der Waals surface area contributed by atoms with E-state index in [0.717, 1.165) is 21.9 Å². The maximum absolute atomic E-state index is 13.0. The molecule has 0 unspecified atom stereocenters. The molecule has 1 saturated heterocycles. The van der Waals surface area contributed by atoms with Gasteiger partial charge in [0.1, 0.15) is 22.3 Å². The van der Waals surface area contributed by atoms with Crippen LogP contribution in [0.1, 0.15) is 42.7 Å². The third-order valence-electron chi connectivity index (χ3n) is 5.52. The molecule has 0 aliphatic carbocycles. The molecule has 172 valence electrons. The number of ether oxygens (including phenoxy) is 1. The lowest BCUT2D eigenvalue weighted by atomic mass is 9.95. The number of nitrogens with one attached hydrogen (secondary N) is 1. The van der Waals surface area contributed by atoms with Crippen LogP contribution in [0.5, 0.6) is 5.75 Å². The molecule has 0 spiro atoms. The number of aryl methyl sites for hydroxylation is 1. The molecule has 0 bridgehead atoms. The highest BCUT2D eigenvalue weighted by molar-refractivity contribution is 7.13. The van der Waals surface area contributed by atoms with Gasteiger partial charge in [0.15, 0.2) is 0 Å². The van der Waals surface area contributed by atoms with E-state index in [1.54, 1.807) is 16.5 Å². The van der Waals surface area contributed by atoms with Crippen LogP contribution in [0.25, 0.3) is 10.6 Å². The number of amides is 2. The van der Waals surface area contributed by atoms with Gasteiger partial charge in [-0.2, -0.15) is 0 Å². The Morgan fingerprint density at radius 2 is 1.88 bits per heavy atom. The Labute approximate surface area is 197 Å². The summed E-state index contributed by atoms with van der Waals surface area (Å²) in [5, 5.41) is 5.50. The van der Waals surface area contributed by atoms with Crippen molar-refractivity contribution in [1.82, 2.24) is 14.9 Å². The van der Waals surface area contributed by atoms with Crippen LogP contribution >= 0.6 is 11.3 Å². The zero-order valence-corrected chi connectivity index (χ0v) is 19.9. The second-order valence-electron chi connectivity index (χ2n) is 8.50. The predicted octanol–water partition coefficient (Wildman–Crippen LogP) is 4.79. The number of carbonyl (C=O) groups excluding carboxylic acids is 2. The number of hydrogen-bond acceptors (Lipinski definition) is 6. The molecular formula is C25H28N4O3S. The molecule has 1 aliphatic rings. The van der Waals surface area contributed by atoms with Gasteiger partial charge in [-0.1, -0.05) is 0 Å². The molecule has 2 aromatic heterocycles. The number of hydrogen-bond donors (Lipinski definition) is 1. The topological polar surface area (TPSA) is 84.4 Å². The fourth-order valence-electron chi connectivity index (χ4n) is 3.79. The van der Waals surface area contributed by atoms with Gasteiger partial charge in [-0.15, -0.1) is 11.3 Å². The van der Waals surface area contributed by atoms with E-state index in [4.69, 9.17) is 4.74 Å². The lowest BCUT2D eigenvalue weighted by molar-refractivity contribution is -0.121. The lowest BCUT2D eigenvalue weighted by Gasteiger charge is -2.30. The molecule has 7 nitrogen and oxygen atoms in total. The Morgan fingerprint density at radius 1 is 1.15 bits per heavy atom. The summed E-state index contributed by atoms with van der Waals surface area (Å²) in [4.78, 5) is 36.1. The molecule has 1 aromatic carbocycles. The van der Waals surface area contributed by atoms with Crippen molar-refractivity contribution in [3.8, 4) is 16.3 Å². The monoisotopic (exact) mass is 464 g/mol. The number of thiazole rings is 1. The van der Waals surface area contributed by atoms with Crippen LogP contribution in [-0.4, -0.2) is 45.9 Å². The first-order valence-corrected chi connectivity index (χ1v) is 12.0. The minimum atomic E-state index is -0.131. The van der Waals surface area contributed by atoms with E-state index in [-0.39, 0.29) is 23.8 Å². The summed E-state index contributed by atoms with van der Waals surface area (Å²) in [5.41, 5.74) is 2.45. The molecule has 4 rings (SSSR count). The van der Waals surface area contributed by atoms with Crippen molar-refractivity contribution in [3.63, 3.8) is 0 Å². The van der Waals surface area contributed by atoms with Crippen LogP contribution < -0.4 is 10.1 Å². The fourth-order valence-corrected chi connectivity index (χ4v) is 4.59. The van der Waals surface area contributed by atoms with Gasteiger partial charge in [0, 0.05) is 36.1 Å². The molecule has 0 radical (unpaired) electrons. The zero-order valence-electron chi connectivity index (χ0n) is 19.1. The minimum absolute atomic E-state index is 0.0407. The minimum Gasteiger partial charge on any atom is -0.491 e. The van der Waals surface area contributed by atoms with E-state index in [1.165, 1.54) is 11.3 Å². The largest absolute Gasteiger partial charge is 0.491 e. The first-order chi connectivity index (χ1) is 15.9. The second kappa shape index (κ2) is 10.1. The molecule has 3 heterocycles. The van der Waals surface area contributed by atoms with Crippen molar-refractivity contribution in [1.29, 1.82) is 0 Å². The molecular weight excluding hydrogens is 436 g/mol. The predicted molar refractivity (Wildman–Crippen MR) is 130 cm³/mol. The van der Waals surface area contributed by atoms with Crippen LogP contribution in [0.4, 0.5) is 5.82 Å². The molecule has 3 aromatic rings. The standard InChI is InChI=1S/C25H28N4O3S/c1-16(2)32-20-6-4-19(5-7-20)24-27-21(15-33-24)25(31)29-12-9-18(10-13-29)23(30)28-22-14-17(3)8-11-26-22/h4-8,11,14-16,18H,9-10,12-13H2,1-3H3,(H,26,28,30). The summed E-state index contributed by atoms with van der Waals surface area (Å²) >= 11 is 1.45. The molecule has 1 fully saturated rings. The molecule has 1 aliphatic heterocycles. The first-order valence-electron chi connectivity index (χ1n) is 11.1. The van der Waals surface area contributed by atoms with Crippen molar-refractivity contribution < 1.29 is 14.3 Å². The average molecular weight is 465 g/mol. The van der Waals surface area contributed by atoms with Crippen molar-refractivity contribution in [3.05, 3.63) is 59.2 Å². The Balaban J connectivity index is 1.32. The number of aromatic nitrogens is 2. The van der Waals surface area contributed by atoms with Crippen LogP contribution in [0.3, 0.4) is 0 Å². The maximum Gasteiger partial charge on any atom is 0.273 e. The van der Waals surface area contributed by atoms with E-state index < -0.39 is 0 Å². The maximum atomic E-state index is 13.0. The van der Waals surface area contributed by atoms with E-state index in [9.17, 15) is 9.59 Å². The molecule has 8 heteroatoms. The molecule has 33 heavy (non-hydrogen) atoms. The normalized spacial score (nSPS) is 14.4. The summed E-state index contributed by atoms with van der Waals surface area (Å²) in [6.45, 7) is 7.01. The lowest BCUT2D eigenvalue weighted by Crippen LogP contribution is -2.41. The van der Waals surface area contributed by atoms with E-state index >= 15 is 0 Å². The highest BCUT2D eigenvalue weighted by Gasteiger charge is 2.29. The van der Waals surface area contributed by atoms with Gasteiger partial charge in [0.2, 0.25) is 5.91 Å². The SMILES string of the molecule is Cc1ccnc(NC(=O)C2CCN(C(=O)c3csc(-c4ccc(OC(C)C)cc4)n3)CC2)c1. The second-order valence-corrected chi connectivity index (χ2v) is 9.36. The van der Waals surface area contributed by atoms with Gasteiger partial charge in [0.25, 0.3) is 5.91 Å². The van der Waals surface area contributed by atoms with E-state index in [1.807, 2.05) is 57.2 Å². The fraction of sp³-hybridized carbons (Fsp3) is 0.360. The van der Waals surface area contributed by atoms with Gasteiger partial charge in [0.05, 0.1) is 6.10 Å². The molecule has 1 N–H and O–H groups in total. The van der Waals surface area contributed by atoms with Crippen LogP contribution in [0.2, 0.25) is 0 Å². The number of piperidine rings is 1. The third kappa shape index (κ3) is 5.76. The van der Waals surface area contributed by atoms with E-state index in [0.29, 0.717) is 37.4 Å². The number of benzene rings is 1. The van der Waals surface area contributed by atoms with Crippen LogP contribution in [0, 0.1) is 12.8 Å². The van der Waals surface area contributed by atoms with Crippen LogP contribution in [0.15, 0.2) is 48.0 Å². The quantitative estimate of drug-likeness (QED) is 0.567. The Kier molecular flexibility index (Phi) is 7.03. The smallest absolute Gasteiger partial charge is 0.273 e. The van der Waals surface area contributed by atoms with Crippen molar-refractivity contribution in [2.45, 2.75) is 39.7 Å². The van der Waals surface area contributed by atoms with Crippen LogP contribution in [-0.2, 0) is 4.79 Å². The highest BCUT2D eigenvalue weighted by atomic mass is 32.1. The summed E-state index contributed by atoms with van der Waals surface area (Å²) < 4.78 is 5.68. The number of anilines is 1. The van der Waals surface area contributed by atoms with Crippen molar-refractivity contribution >= 4 is 29.0 Å². The van der Waals surface area contributed by atoms with Gasteiger partial charge in [-0.3, -0.25) is 9.59 Å². The van der Waals surface area contributed by atoms with Gasteiger partial charge in [-0.25, -0.2) is 9.97 Å². The summed E-state index contributed by atoms with van der Waals surface area (Å²) in [6, 6.07) is 11.5. The van der Waals surface area contributed by atoms with Crippen molar-refractivity contribution in [2.75, 3.05) is 18.4 Å². The number of pyridine rings is 1. The Bertz CT molecular complexity index is 1120. The summed E-state index contributed by atoms with van der Waals surface area (Å²) in [5.74, 6) is 1.12. The Morgan fingerprint density at radius 3 is 2.55 bits per heavy atom. The average Bonchev–Trinajstić information content (AvgIpc) is 3.29. The Hall–Kier alpha value is -3.26. The number of carbonyl (C=O) groups is 2. The highest BCUT2D eigenvalue weighted by Crippen LogP contribution is 2.27. The molecule has 2 amide bonds. The zero-order chi connectivity index (χ0) is 23.4. The third-order valence-corrected chi connectivity index (χ3v) is 6.41. The number of likely N-dealkylation sites (tertiary alicyclic amines) is 1. The molecule has 0 atom stereocenters. The van der Waals surface area contributed by atoms with Gasteiger partial charge < -0.3 is 15.0 Å². The van der Waals surface area contributed by atoms with Gasteiger partial charge >= 0.3 is 0 Å². The number of rotatable bonds is 6. The first kappa shape index (κ1) is 22.9. The summed E-state index contributed by atoms with van der Waals surface area (Å²) in [7, 11) is 0. The number of nitrogens with zero attached hydrogens (tertiary/aromatic N) is 3. The van der Waals surface area contributed by atoms with Gasteiger partial charge in [-0.05, 0) is 75.6 Å². The summed E-state index contributed by atoms with van der Waals surface area (Å²) in [6.07, 6.45) is 3.05. The molecule has 0 saturated carbocycles. The van der Waals surface area contributed by atoms with E-state index in [2.05, 4.69) is 15.3 Å².